The van der Waals surface area contributed by atoms with Crippen molar-refractivity contribution in [2.45, 2.75) is 43.6 Å². The molecule has 25 heavy (non-hydrogen) atoms. The fourth-order valence-corrected chi connectivity index (χ4v) is 3.77. The lowest BCUT2D eigenvalue weighted by Crippen LogP contribution is -2.27. The van der Waals surface area contributed by atoms with Gasteiger partial charge in [0.1, 0.15) is 5.69 Å². The van der Waals surface area contributed by atoms with E-state index in [1.165, 1.54) is 38.4 Å². The first-order valence-electron chi connectivity index (χ1n) is 8.42. The third-order valence-corrected chi connectivity index (χ3v) is 5.94. The topological polar surface area (TPSA) is 111 Å². The number of rotatable bonds is 8. The number of benzene rings is 1. The lowest BCUT2D eigenvalue weighted by atomic mass is 9.88. The van der Waals surface area contributed by atoms with Crippen molar-refractivity contribution in [3.8, 4) is 0 Å². The second kappa shape index (κ2) is 8.59. The summed E-state index contributed by atoms with van der Waals surface area (Å²) in [4.78, 5) is 10.5. The largest absolute Gasteiger partial charge is 0.377 e. The Balaban J connectivity index is 1.98. The smallest absolute Gasteiger partial charge is 0.293 e. The van der Waals surface area contributed by atoms with Gasteiger partial charge in [-0.05, 0) is 37.9 Å². The van der Waals surface area contributed by atoms with Crippen molar-refractivity contribution in [1.82, 2.24) is 4.72 Å². The van der Waals surface area contributed by atoms with Crippen LogP contribution in [0.1, 0.15) is 32.6 Å². The highest BCUT2D eigenvalue weighted by Crippen LogP contribution is 2.28. The summed E-state index contributed by atoms with van der Waals surface area (Å²) in [6, 6.07) is 3.80. The molecule has 9 heteroatoms. The molecule has 0 aromatic heterocycles. The van der Waals surface area contributed by atoms with E-state index in [1.807, 2.05) is 0 Å². The Morgan fingerprint density at radius 1 is 1.32 bits per heavy atom. The van der Waals surface area contributed by atoms with Crippen LogP contribution in [0.5, 0.6) is 0 Å². The maximum absolute atomic E-state index is 11.8. The van der Waals surface area contributed by atoms with Crippen LogP contribution in [0.25, 0.3) is 0 Å². The Labute approximate surface area is 148 Å². The Hall–Kier alpha value is -1.71. The van der Waals surface area contributed by atoms with E-state index in [2.05, 4.69) is 17.0 Å². The zero-order valence-electron chi connectivity index (χ0n) is 14.5. The van der Waals surface area contributed by atoms with Crippen LogP contribution in [0.3, 0.4) is 0 Å². The average molecular weight is 371 g/mol. The molecule has 1 aromatic rings. The lowest BCUT2D eigenvalue weighted by Gasteiger charge is -2.28. The van der Waals surface area contributed by atoms with E-state index in [0.717, 1.165) is 12.5 Å². The molecule has 0 saturated heterocycles. The molecule has 0 aliphatic heterocycles. The number of nitrogens with one attached hydrogen (secondary N) is 2. The number of anilines is 1. The summed E-state index contributed by atoms with van der Waals surface area (Å²) in [6.45, 7) is 3.05. The number of sulfonamides is 1. The fourth-order valence-electron chi connectivity index (χ4n) is 3.02. The van der Waals surface area contributed by atoms with Crippen LogP contribution >= 0.6 is 0 Å². The van der Waals surface area contributed by atoms with Gasteiger partial charge in [0, 0.05) is 12.6 Å². The first kappa shape index (κ1) is 19.6. The predicted octanol–water partition coefficient (Wildman–Crippen LogP) is 2.51. The first-order chi connectivity index (χ1) is 11.8. The second-order valence-electron chi connectivity index (χ2n) is 6.24. The zero-order chi connectivity index (χ0) is 18.4. The van der Waals surface area contributed by atoms with Crippen molar-refractivity contribution in [3.05, 3.63) is 28.3 Å². The van der Waals surface area contributed by atoms with Crippen LogP contribution in [-0.4, -0.2) is 39.6 Å². The second-order valence-corrected chi connectivity index (χ2v) is 8.13. The van der Waals surface area contributed by atoms with Gasteiger partial charge in [-0.3, -0.25) is 10.1 Å². The Morgan fingerprint density at radius 3 is 2.68 bits per heavy atom. The molecule has 2 atom stereocenters. The van der Waals surface area contributed by atoms with E-state index in [0.29, 0.717) is 19.1 Å². The highest BCUT2D eigenvalue weighted by Gasteiger charge is 2.22. The lowest BCUT2D eigenvalue weighted by molar-refractivity contribution is -0.384. The molecule has 140 valence electrons. The third kappa shape index (κ3) is 5.13. The molecule has 0 amide bonds. The number of ether oxygens (including phenoxy) is 1. The Morgan fingerprint density at radius 2 is 2.04 bits per heavy atom. The maximum atomic E-state index is 11.8. The minimum atomic E-state index is -3.72. The minimum Gasteiger partial charge on any atom is -0.377 e. The van der Waals surface area contributed by atoms with Crippen LogP contribution in [0, 0.1) is 16.0 Å². The third-order valence-electron chi connectivity index (χ3n) is 4.53. The molecule has 1 aromatic carbocycles. The van der Waals surface area contributed by atoms with Crippen LogP contribution in [0.4, 0.5) is 11.4 Å². The van der Waals surface area contributed by atoms with Crippen LogP contribution < -0.4 is 10.0 Å². The van der Waals surface area contributed by atoms with Gasteiger partial charge in [0.25, 0.3) is 5.69 Å². The molecule has 8 nitrogen and oxygen atoms in total. The van der Waals surface area contributed by atoms with Gasteiger partial charge in [0.05, 0.1) is 22.5 Å². The minimum absolute atomic E-state index is 0.139. The monoisotopic (exact) mass is 371 g/mol. The molecule has 1 fully saturated rings. The van der Waals surface area contributed by atoms with Gasteiger partial charge in [0.2, 0.25) is 10.0 Å². The highest BCUT2D eigenvalue weighted by atomic mass is 32.2. The first-order valence-corrected chi connectivity index (χ1v) is 9.91. The van der Waals surface area contributed by atoms with Gasteiger partial charge < -0.3 is 10.1 Å². The highest BCUT2D eigenvalue weighted by molar-refractivity contribution is 7.89. The van der Waals surface area contributed by atoms with Crippen LogP contribution in [0.15, 0.2) is 23.1 Å². The summed E-state index contributed by atoms with van der Waals surface area (Å²) < 4.78 is 31.6. The van der Waals surface area contributed by atoms with Crippen molar-refractivity contribution in [2.75, 3.05) is 25.5 Å². The number of nitrogens with zero attached hydrogens (tertiary/aromatic N) is 1. The fraction of sp³-hybridized carbons (Fsp3) is 0.625. The number of hydrogen-bond acceptors (Lipinski definition) is 6. The Kier molecular flexibility index (Phi) is 6.74. The molecule has 0 radical (unpaired) electrons. The van der Waals surface area contributed by atoms with E-state index in [4.69, 9.17) is 4.74 Å². The summed E-state index contributed by atoms with van der Waals surface area (Å²) in [5.74, 6) is 0.536. The molecule has 2 N–H and O–H groups in total. The van der Waals surface area contributed by atoms with Crippen molar-refractivity contribution in [2.24, 2.45) is 5.92 Å². The van der Waals surface area contributed by atoms with E-state index in [-0.39, 0.29) is 22.4 Å². The molecular weight excluding hydrogens is 346 g/mol. The van der Waals surface area contributed by atoms with E-state index in [9.17, 15) is 18.5 Å². The van der Waals surface area contributed by atoms with Crippen molar-refractivity contribution in [3.63, 3.8) is 0 Å². The van der Waals surface area contributed by atoms with Gasteiger partial charge in [-0.1, -0.05) is 19.8 Å². The molecule has 0 heterocycles. The predicted molar refractivity (Wildman–Crippen MR) is 95.2 cm³/mol. The summed E-state index contributed by atoms with van der Waals surface area (Å²) in [6.07, 6.45) is 4.89. The van der Waals surface area contributed by atoms with Gasteiger partial charge in [-0.25, -0.2) is 13.1 Å². The molecule has 0 spiro atoms. The molecular formula is C16H25N3O5S. The summed E-state index contributed by atoms with van der Waals surface area (Å²) in [5.41, 5.74) is 0.00250. The van der Waals surface area contributed by atoms with Crippen molar-refractivity contribution in [1.29, 1.82) is 0 Å². The molecule has 2 unspecified atom stereocenters. The zero-order valence-corrected chi connectivity index (χ0v) is 15.3. The molecule has 1 aliphatic rings. The van der Waals surface area contributed by atoms with Crippen molar-refractivity contribution >= 4 is 21.4 Å². The van der Waals surface area contributed by atoms with E-state index >= 15 is 0 Å². The molecule has 0 bridgehead atoms. The number of hydrogen-bond donors (Lipinski definition) is 2. The summed E-state index contributed by atoms with van der Waals surface area (Å²) in [7, 11) is -2.46. The van der Waals surface area contributed by atoms with Gasteiger partial charge in [0.15, 0.2) is 0 Å². The van der Waals surface area contributed by atoms with Gasteiger partial charge in [-0.2, -0.15) is 0 Å². The molecule has 1 aliphatic carbocycles. The quantitative estimate of drug-likeness (QED) is 0.413. The number of nitro groups is 1. The molecule has 2 rings (SSSR count). The summed E-state index contributed by atoms with van der Waals surface area (Å²) in [5, 5.41) is 14.2. The summed E-state index contributed by atoms with van der Waals surface area (Å²) >= 11 is 0. The normalized spacial score (nSPS) is 21.0. The van der Waals surface area contributed by atoms with Crippen molar-refractivity contribution < 1.29 is 18.1 Å². The van der Waals surface area contributed by atoms with Gasteiger partial charge in [-0.15, -0.1) is 0 Å². The average Bonchev–Trinajstić information content (AvgIpc) is 2.60. The van der Waals surface area contributed by atoms with Crippen LogP contribution in [-0.2, 0) is 14.8 Å². The van der Waals surface area contributed by atoms with E-state index < -0.39 is 14.9 Å². The standard InChI is InChI=1S/C16H25N3O5S/c1-12-5-3-4-6-16(12)24-10-9-18-14-8-7-13(25(22,23)17-2)11-15(14)19(20)21/h7-8,11-12,16-18H,3-6,9-10H2,1-2H3. The SMILES string of the molecule is CNS(=O)(=O)c1ccc(NCCOC2CCCCC2C)c([N+](=O)[O-])c1. The molecule has 1 saturated carbocycles. The maximum Gasteiger partial charge on any atom is 0.293 e. The van der Waals surface area contributed by atoms with E-state index in [1.54, 1.807) is 0 Å². The Bertz CT molecular complexity index is 708. The number of nitro benzene ring substituents is 1. The van der Waals surface area contributed by atoms with Crippen LogP contribution in [0.2, 0.25) is 0 Å². The van der Waals surface area contributed by atoms with Gasteiger partial charge >= 0.3 is 0 Å².